The van der Waals surface area contributed by atoms with Gasteiger partial charge in [-0.3, -0.25) is 0 Å². The first-order chi connectivity index (χ1) is 9.66. The highest BCUT2D eigenvalue weighted by molar-refractivity contribution is 6.31. The molecule has 0 fully saturated rings. The molecular weight excluding hydrogens is 301 g/mol. The Kier molecular flexibility index (Phi) is 7.52. The fourth-order valence-corrected chi connectivity index (χ4v) is 2.26. The lowest BCUT2D eigenvalue weighted by molar-refractivity contribution is 0.417. The predicted octanol–water partition coefficient (Wildman–Crippen LogP) is 5.39. The topological polar surface area (TPSA) is 3.24 Å². The summed E-state index contributed by atoms with van der Waals surface area (Å²) in [6.45, 7) is 1.06. The van der Waals surface area contributed by atoms with Crippen LogP contribution >= 0.6 is 24.0 Å². The molecule has 0 unspecified atom stereocenters. The van der Waals surface area contributed by atoms with Crippen molar-refractivity contribution in [1.29, 1.82) is 0 Å². The molecule has 0 spiro atoms. The van der Waals surface area contributed by atoms with Gasteiger partial charge in [0.05, 0.1) is 0 Å². The van der Waals surface area contributed by atoms with Crippen LogP contribution in [0.15, 0.2) is 54.6 Å². The van der Waals surface area contributed by atoms with E-state index in [0.29, 0.717) is 0 Å². The van der Waals surface area contributed by atoms with Crippen LogP contribution in [0.25, 0.3) is 17.2 Å². The molecule has 0 heterocycles. The molecule has 2 aromatic rings. The Labute approximate surface area is 138 Å². The minimum atomic E-state index is 0. The van der Waals surface area contributed by atoms with Gasteiger partial charge in [-0.1, -0.05) is 60.2 Å². The van der Waals surface area contributed by atoms with Crippen LogP contribution in [-0.2, 0) is 0 Å². The number of rotatable bonds is 5. The molecule has 3 heteroatoms. The van der Waals surface area contributed by atoms with Crippen LogP contribution in [0.5, 0.6) is 0 Å². The van der Waals surface area contributed by atoms with E-state index in [1.54, 1.807) is 0 Å². The zero-order valence-electron chi connectivity index (χ0n) is 12.4. The van der Waals surface area contributed by atoms with Crippen molar-refractivity contribution in [2.45, 2.75) is 6.42 Å². The molecule has 21 heavy (non-hydrogen) atoms. The Morgan fingerprint density at radius 1 is 1.05 bits per heavy atom. The molecule has 1 nitrogen and oxygen atoms in total. The summed E-state index contributed by atoms with van der Waals surface area (Å²) >= 11 is 6.14. The molecule has 0 aliphatic carbocycles. The molecule has 0 bridgehead atoms. The van der Waals surface area contributed by atoms with Crippen LogP contribution in [0, 0.1) is 0 Å². The Balaban J connectivity index is 0.00000220. The Hall–Kier alpha value is -1.28. The molecule has 0 N–H and O–H groups in total. The SMILES string of the molecule is CN(C)CCC=Cc1ccc(Cl)cc1-c1ccccc1.Cl. The van der Waals surface area contributed by atoms with E-state index in [1.165, 1.54) is 16.7 Å². The van der Waals surface area contributed by atoms with E-state index in [1.807, 2.05) is 18.2 Å². The van der Waals surface area contributed by atoms with Crippen LogP contribution in [0.3, 0.4) is 0 Å². The first kappa shape index (κ1) is 17.8. The van der Waals surface area contributed by atoms with E-state index in [4.69, 9.17) is 11.6 Å². The van der Waals surface area contributed by atoms with Gasteiger partial charge in [0.2, 0.25) is 0 Å². The van der Waals surface area contributed by atoms with E-state index < -0.39 is 0 Å². The van der Waals surface area contributed by atoms with Gasteiger partial charge in [-0.05, 0) is 49.3 Å². The summed E-state index contributed by atoms with van der Waals surface area (Å²) in [5.41, 5.74) is 3.58. The monoisotopic (exact) mass is 321 g/mol. The first-order valence-electron chi connectivity index (χ1n) is 6.83. The van der Waals surface area contributed by atoms with E-state index in [-0.39, 0.29) is 12.4 Å². The molecule has 112 valence electrons. The van der Waals surface area contributed by atoms with Crippen molar-refractivity contribution in [2.75, 3.05) is 20.6 Å². The maximum atomic E-state index is 6.14. The summed E-state index contributed by atoms with van der Waals surface area (Å²) in [4.78, 5) is 2.18. The highest BCUT2D eigenvalue weighted by Gasteiger charge is 2.03. The lowest BCUT2D eigenvalue weighted by Gasteiger charge is -2.08. The Bertz CT molecular complexity index is 577. The second kappa shape index (κ2) is 8.89. The number of nitrogens with zero attached hydrogens (tertiary/aromatic N) is 1. The number of halogens is 2. The molecule has 2 rings (SSSR count). The minimum Gasteiger partial charge on any atom is -0.309 e. The average molecular weight is 322 g/mol. The smallest absolute Gasteiger partial charge is 0.0412 e. The fourth-order valence-electron chi connectivity index (χ4n) is 2.08. The van der Waals surface area contributed by atoms with Crippen LogP contribution in [0.2, 0.25) is 5.02 Å². The second-order valence-electron chi connectivity index (χ2n) is 5.09. The van der Waals surface area contributed by atoms with Crippen LogP contribution < -0.4 is 0 Å². The predicted molar refractivity (Wildman–Crippen MR) is 96.3 cm³/mol. The Morgan fingerprint density at radius 3 is 2.43 bits per heavy atom. The largest absolute Gasteiger partial charge is 0.309 e. The number of benzene rings is 2. The zero-order valence-corrected chi connectivity index (χ0v) is 14.0. The van der Waals surface area contributed by atoms with Gasteiger partial charge in [0.15, 0.2) is 0 Å². The molecular formula is C18H21Cl2N. The van der Waals surface area contributed by atoms with Crippen LogP contribution in [0.1, 0.15) is 12.0 Å². The Morgan fingerprint density at radius 2 is 1.76 bits per heavy atom. The molecule has 0 radical (unpaired) electrons. The maximum Gasteiger partial charge on any atom is 0.0412 e. The molecule has 0 saturated carbocycles. The molecule has 0 aliphatic rings. The number of hydrogen-bond donors (Lipinski definition) is 0. The first-order valence-corrected chi connectivity index (χ1v) is 7.21. The standard InChI is InChI=1S/C18H20ClN.ClH/c1-20(2)13-7-6-10-16-11-12-17(19)14-18(16)15-8-4-3-5-9-15;/h3-6,8-12,14H,7,13H2,1-2H3;1H. The van der Waals surface area contributed by atoms with Crippen LogP contribution in [0.4, 0.5) is 0 Å². The van der Waals surface area contributed by atoms with Crippen molar-refractivity contribution in [3.05, 3.63) is 65.2 Å². The zero-order chi connectivity index (χ0) is 14.4. The molecule has 0 atom stereocenters. The van der Waals surface area contributed by atoms with Gasteiger partial charge in [0, 0.05) is 11.6 Å². The summed E-state index contributed by atoms with van der Waals surface area (Å²) < 4.78 is 0. The van der Waals surface area contributed by atoms with E-state index in [9.17, 15) is 0 Å². The van der Waals surface area contributed by atoms with Gasteiger partial charge in [0.1, 0.15) is 0 Å². The second-order valence-corrected chi connectivity index (χ2v) is 5.53. The van der Waals surface area contributed by atoms with Crippen molar-refractivity contribution < 1.29 is 0 Å². The van der Waals surface area contributed by atoms with Crippen molar-refractivity contribution in [3.63, 3.8) is 0 Å². The quantitative estimate of drug-likeness (QED) is 0.713. The molecule has 0 aliphatic heterocycles. The van der Waals surface area contributed by atoms with Crippen LogP contribution in [-0.4, -0.2) is 25.5 Å². The molecule has 0 amide bonds. The van der Waals surface area contributed by atoms with Gasteiger partial charge in [0.25, 0.3) is 0 Å². The summed E-state index contributed by atoms with van der Waals surface area (Å²) in [5, 5.41) is 0.772. The van der Waals surface area contributed by atoms with Crippen molar-refractivity contribution in [1.82, 2.24) is 4.90 Å². The summed E-state index contributed by atoms with van der Waals surface area (Å²) in [6.07, 6.45) is 5.45. The summed E-state index contributed by atoms with van der Waals surface area (Å²) in [5.74, 6) is 0. The van der Waals surface area contributed by atoms with E-state index in [2.05, 4.69) is 61.5 Å². The van der Waals surface area contributed by atoms with Gasteiger partial charge in [-0.15, -0.1) is 12.4 Å². The van der Waals surface area contributed by atoms with Gasteiger partial charge >= 0.3 is 0 Å². The van der Waals surface area contributed by atoms with Crippen molar-refractivity contribution in [3.8, 4) is 11.1 Å². The maximum absolute atomic E-state index is 6.14. The van der Waals surface area contributed by atoms with Crippen molar-refractivity contribution >= 4 is 30.1 Å². The third-order valence-corrected chi connectivity index (χ3v) is 3.38. The van der Waals surface area contributed by atoms with Crippen molar-refractivity contribution in [2.24, 2.45) is 0 Å². The van der Waals surface area contributed by atoms with E-state index in [0.717, 1.165) is 18.0 Å². The summed E-state index contributed by atoms with van der Waals surface area (Å²) in [6, 6.07) is 16.4. The lowest BCUT2D eigenvalue weighted by Crippen LogP contribution is -2.11. The third kappa shape index (κ3) is 5.55. The van der Waals surface area contributed by atoms with Gasteiger partial charge in [-0.25, -0.2) is 0 Å². The highest BCUT2D eigenvalue weighted by atomic mass is 35.5. The summed E-state index contributed by atoms with van der Waals surface area (Å²) in [7, 11) is 4.18. The number of hydrogen-bond acceptors (Lipinski definition) is 1. The fraction of sp³-hybridized carbons (Fsp3) is 0.222. The molecule has 2 aromatic carbocycles. The highest BCUT2D eigenvalue weighted by Crippen LogP contribution is 2.27. The third-order valence-electron chi connectivity index (χ3n) is 3.14. The molecule has 0 aromatic heterocycles. The average Bonchev–Trinajstić information content (AvgIpc) is 2.45. The van der Waals surface area contributed by atoms with Gasteiger partial charge in [-0.2, -0.15) is 0 Å². The van der Waals surface area contributed by atoms with E-state index >= 15 is 0 Å². The van der Waals surface area contributed by atoms with Gasteiger partial charge < -0.3 is 4.90 Å². The normalized spacial score (nSPS) is 10.9. The minimum absolute atomic E-state index is 0. The lowest BCUT2D eigenvalue weighted by atomic mass is 9.99. The molecule has 0 saturated heterocycles.